The first-order chi connectivity index (χ1) is 13.3. The second-order valence-electron chi connectivity index (χ2n) is 5.81. The van der Waals surface area contributed by atoms with Crippen LogP contribution >= 0.6 is 0 Å². The average molecular weight is 365 g/mol. The van der Waals surface area contributed by atoms with Crippen molar-refractivity contribution in [3.05, 3.63) is 72.3 Å². The quantitative estimate of drug-likeness (QED) is 0.554. The minimum Gasteiger partial charge on any atom is -0.457 e. The Morgan fingerprint density at radius 2 is 1.63 bits per heavy atom. The highest BCUT2D eigenvalue weighted by Crippen LogP contribution is 2.28. The highest BCUT2D eigenvalue weighted by Gasteiger charge is 2.06. The first-order valence-corrected chi connectivity index (χ1v) is 8.71. The molecule has 140 valence electrons. The van der Waals surface area contributed by atoms with Gasteiger partial charge in [-0.2, -0.15) is 4.98 Å². The van der Waals surface area contributed by atoms with E-state index in [0.29, 0.717) is 42.9 Å². The Hall–Kier alpha value is -3.09. The molecular formula is C21H23N3O3. The van der Waals surface area contributed by atoms with Gasteiger partial charge in [0.15, 0.2) is 0 Å². The monoisotopic (exact) mass is 365 g/mol. The Kier molecular flexibility index (Phi) is 6.62. The number of para-hydroxylation sites is 1. The van der Waals surface area contributed by atoms with Crippen molar-refractivity contribution in [1.82, 2.24) is 4.98 Å². The lowest BCUT2D eigenvalue weighted by atomic mass is 10.2. The van der Waals surface area contributed by atoms with Crippen LogP contribution in [0.2, 0.25) is 0 Å². The van der Waals surface area contributed by atoms with Crippen LogP contribution in [-0.2, 0) is 11.3 Å². The van der Waals surface area contributed by atoms with Crippen molar-refractivity contribution in [2.45, 2.75) is 6.54 Å². The van der Waals surface area contributed by atoms with Crippen molar-refractivity contribution in [3.63, 3.8) is 0 Å². The third-order valence-electron chi connectivity index (χ3n) is 3.72. The van der Waals surface area contributed by atoms with Crippen molar-refractivity contribution < 1.29 is 14.2 Å². The minimum absolute atomic E-state index is 0.398. The lowest BCUT2D eigenvalue weighted by Crippen LogP contribution is -2.10. The summed E-state index contributed by atoms with van der Waals surface area (Å²) in [5.74, 6) is 3.25. The SMILES string of the molecule is COCCNc1cc(CN)cc(Oc2cccc(Oc3ccccc3)c2)n1. The fourth-order valence-corrected chi connectivity index (χ4v) is 2.45. The summed E-state index contributed by atoms with van der Waals surface area (Å²) in [7, 11) is 1.66. The summed E-state index contributed by atoms with van der Waals surface area (Å²) in [5, 5.41) is 3.19. The van der Waals surface area contributed by atoms with Gasteiger partial charge in [0.1, 0.15) is 23.1 Å². The molecule has 3 aromatic rings. The van der Waals surface area contributed by atoms with E-state index >= 15 is 0 Å². The summed E-state index contributed by atoms with van der Waals surface area (Å²) in [5.41, 5.74) is 6.72. The Morgan fingerprint density at radius 1 is 0.889 bits per heavy atom. The first kappa shape index (κ1) is 18.7. The van der Waals surface area contributed by atoms with Gasteiger partial charge in [0.2, 0.25) is 5.88 Å². The topological polar surface area (TPSA) is 78.6 Å². The minimum atomic E-state index is 0.398. The molecule has 0 aliphatic carbocycles. The van der Waals surface area contributed by atoms with Gasteiger partial charge < -0.3 is 25.3 Å². The summed E-state index contributed by atoms with van der Waals surface area (Å²) >= 11 is 0. The number of ether oxygens (including phenoxy) is 3. The Balaban J connectivity index is 1.74. The van der Waals surface area contributed by atoms with Crippen LogP contribution in [-0.4, -0.2) is 25.2 Å². The third-order valence-corrected chi connectivity index (χ3v) is 3.72. The van der Waals surface area contributed by atoms with Gasteiger partial charge in [-0.1, -0.05) is 24.3 Å². The molecule has 0 bridgehead atoms. The van der Waals surface area contributed by atoms with Gasteiger partial charge in [-0.25, -0.2) is 0 Å². The molecule has 0 unspecified atom stereocenters. The maximum absolute atomic E-state index is 5.93. The molecule has 1 heterocycles. The van der Waals surface area contributed by atoms with Gasteiger partial charge in [0.25, 0.3) is 0 Å². The van der Waals surface area contributed by atoms with Crippen molar-refractivity contribution in [2.75, 3.05) is 25.6 Å². The van der Waals surface area contributed by atoms with Crippen LogP contribution in [0, 0.1) is 0 Å². The van der Waals surface area contributed by atoms with Crippen molar-refractivity contribution in [3.8, 4) is 23.1 Å². The van der Waals surface area contributed by atoms with Crippen LogP contribution in [0.3, 0.4) is 0 Å². The van der Waals surface area contributed by atoms with Gasteiger partial charge >= 0.3 is 0 Å². The van der Waals surface area contributed by atoms with Gasteiger partial charge in [-0.05, 0) is 35.9 Å². The standard InChI is InChI=1S/C21H23N3O3/c1-25-11-10-23-20-12-16(15-22)13-21(24-20)27-19-9-5-8-18(14-19)26-17-6-3-2-4-7-17/h2-9,12-14H,10-11,15,22H2,1H3,(H,23,24). The van der Waals surface area contributed by atoms with Gasteiger partial charge in [0, 0.05) is 32.3 Å². The lowest BCUT2D eigenvalue weighted by Gasteiger charge is -2.12. The number of anilines is 1. The fraction of sp³-hybridized carbons (Fsp3) is 0.190. The van der Waals surface area contributed by atoms with E-state index in [9.17, 15) is 0 Å². The Labute approximate surface area is 158 Å². The number of hydrogen-bond acceptors (Lipinski definition) is 6. The number of benzene rings is 2. The van der Waals surface area contributed by atoms with Gasteiger partial charge in [-0.3, -0.25) is 0 Å². The molecule has 27 heavy (non-hydrogen) atoms. The molecule has 6 nitrogen and oxygen atoms in total. The fourth-order valence-electron chi connectivity index (χ4n) is 2.45. The number of hydrogen-bond donors (Lipinski definition) is 2. The van der Waals surface area contributed by atoms with E-state index in [2.05, 4.69) is 10.3 Å². The summed E-state index contributed by atoms with van der Waals surface area (Å²) in [6.07, 6.45) is 0. The molecule has 0 aliphatic rings. The third kappa shape index (κ3) is 5.70. The van der Waals surface area contributed by atoms with E-state index in [1.807, 2.05) is 66.7 Å². The molecule has 1 aromatic heterocycles. The molecule has 0 fully saturated rings. The lowest BCUT2D eigenvalue weighted by molar-refractivity contribution is 0.210. The second kappa shape index (κ2) is 9.56. The summed E-state index contributed by atoms with van der Waals surface area (Å²) in [6.45, 7) is 1.63. The smallest absolute Gasteiger partial charge is 0.221 e. The van der Waals surface area contributed by atoms with Crippen LogP contribution in [0.15, 0.2) is 66.7 Å². The van der Waals surface area contributed by atoms with Crippen molar-refractivity contribution in [2.24, 2.45) is 5.73 Å². The van der Waals surface area contributed by atoms with E-state index in [1.165, 1.54) is 0 Å². The van der Waals surface area contributed by atoms with Crippen LogP contribution in [0.1, 0.15) is 5.56 Å². The normalized spacial score (nSPS) is 10.4. The summed E-state index contributed by atoms with van der Waals surface area (Å²) < 4.78 is 16.8. The zero-order valence-corrected chi connectivity index (χ0v) is 15.2. The zero-order valence-electron chi connectivity index (χ0n) is 15.2. The largest absolute Gasteiger partial charge is 0.457 e. The number of methoxy groups -OCH3 is 1. The molecule has 0 radical (unpaired) electrons. The Bertz CT molecular complexity index is 856. The molecule has 3 rings (SSSR count). The molecule has 0 saturated heterocycles. The molecule has 0 aliphatic heterocycles. The second-order valence-corrected chi connectivity index (χ2v) is 5.81. The van der Waals surface area contributed by atoms with Crippen molar-refractivity contribution in [1.29, 1.82) is 0 Å². The molecule has 0 atom stereocenters. The average Bonchev–Trinajstić information content (AvgIpc) is 2.69. The number of nitrogens with zero attached hydrogens (tertiary/aromatic N) is 1. The molecule has 2 aromatic carbocycles. The number of nitrogens with one attached hydrogen (secondary N) is 1. The molecule has 0 amide bonds. The van der Waals surface area contributed by atoms with Gasteiger partial charge in [-0.15, -0.1) is 0 Å². The first-order valence-electron chi connectivity index (χ1n) is 8.71. The van der Waals surface area contributed by atoms with E-state index in [1.54, 1.807) is 7.11 Å². The molecule has 3 N–H and O–H groups in total. The van der Waals surface area contributed by atoms with E-state index < -0.39 is 0 Å². The molecule has 0 saturated carbocycles. The molecule has 6 heteroatoms. The summed E-state index contributed by atoms with van der Waals surface area (Å²) in [4.78, 5) is 4.48. The number of nitrogens with two attached hydrogens (primary N) is 1. The zero-order chi connectivity index (χ0) is 18.9. The maximum Gasteiger partial charge on any atom is 0.221 e. The van der Waals surface area contributed by atoms with Crippen LogP contribution < -0.4 is 20.5 Å². The number of aromatic nitrogens is 1. The predicted octanol–water partition coefficient (Wildman–Crippen LogP) is 4.18. The van der Waals surface area contributed by atoms with Gasteiger partial charge in [0.05, 0.1) is 6.61 Å². The van der Waals surface area contributed by atoms with Crippen LogP contribution in [0.5, 0.6) is 23.1 Å². The molecule has 0 spiro atoms. The number of pyridine rings is 1. The van der Waals surface area contributed by atoms with E-state index in [-0.39, 0.29) is 0 Å². The highest BCUT2D eigenvalue weighted by molar-refractivity contribution is 5.44. The summed E-state index contributed by atoms with van der Waals surface area (Å²) in [6, 6.07) is 20.8. The van der Waals surface area contributed by atoms with Crippen molar-refractivity contribution >= 4 is 5.82 Å². The Morgan fingerprint density at radius 3 is 2.37 bits per heavy atom. The molecular weight excluding hydrogens is 342 g/mol. The predicted molar refractivity (Wildman–Crippen MR) is 106 cm³/mol. The van der Waals surface area contributed by atoms with Crippen LogP contribution in [0.4, 0.5) is 5.82 Å². The van der Waals surface area contributed by atoms with E-state index in [4.69, 9.17) is 19.9 Å². The van der Waals surface area contributed by atoms with Crippen LogP contribution in [0.25, 0.3) is 0 Å². The van der Waals surface area contributed by atoms with E-state index in [0.717, 1.165) is 11.3 Å². The highest BCUT2D eigenvalue weighted by atomic mass is 16.5. The maximum atomic E-state index is 5.93. The number of rotatable bonds is 9.